The standard InChI is InChI=1S/C21H20ClN7O2S/c1-12-9-14(22)5-8-16(12)24-19(30)11-32-21-28-27-20(29(21)23)18-10-17(25-26-18)13-3-6-15(31-2)7-4-13/h3-10H,11,23H2,1-2H3,(H,24,30)(H,25,26). The number of benzene rings is 2. The third-order valence-electron chi connectivity index (χ3n) is 4.66. The first-order valence-corrected chi connectivity index (χ1v) is 10.9. The van der Waals surface area contributed by atoms with Crippen molar-refractivity contribution in [3.63, 3.8) is 0 Å². The Hall–Kier alpha value is -3.50. The van der Waals surface area contributed by atoms with Gasteiger partial charge in [-0.25, -0.2) is 4.68 Å². The van der Waals surface area contributed by atoms with Gasteiger partial charge in [-0.3, -0.25) is 9.89 Å². The first-order chi connectivity index (χ1) is 15.4. The van der Waals surface area contributed by atoms with Crippen LogP contribution in [-0.2, 0) is 4.79 Å². The number of nitrogen functional groups attached to an aromatic ring is 1. The molecule has 0 spiro atoms. The topological polar surface area (TPSA) is 124 Å². The van der Waals surface area contributed by atoms with E-state index in [2.05, 4.69) is 25.7 Å². The lowest BCUT2D eigenvalue weighted by Gasteiger charge is -2.08. The molecule has 0 bridgehead atoms. The summed E-state index contributed by atoms with van der Waals surface area (Å²) in [5.41, 5.74) is 3.85. The van der Waals surface area contributed by atoms with E-state index in [1.807, 2.05) is 37.3 Å². The molecule has 2 aromatic carbocycles. The second-order valence-corrected chi connectivity index (χ2v) is 8.25. The lowest BCUT2D eigenvalue weighted by molar-refractivity contribution is -0.113. The van der Waals surface area contributed by atoms with Crippen LogP contribution in [0.5, 0.6) is 5.75 Å². The molecule has 0 radical (unpaired) electrons. The molecule has 0 aliphatic carbocycles. The fourth-order valence-electron chi connectivity index (χ4n) is 2.99. The van der Waals surface area contributed by atoms with E-state index in [1.165, 1.54) is 16.4 Å². The number of carbonyl (C=O) groups is 1. The quantitative estimate of drug-likeness (QED) is 0.278. The fraction of sp³-hybridized carbons (Fsp3) is 0.143. The van der Waals surface area contributed by atoms with Gasteiger partial charge in [0, 0.05) is 16.3 Å². The van der Waals surface area contributed by atoms with Crippen LogP contribution in [0.4, 0.5) is 5.69 Å². The molecule has 0 saturated carbocycles. The van der Waals surface area contributed by atoms with Crippen molar-refractivity contribution in [2.24, 2.45) is 0 Å². The first kappa shape index (κ1) is 21.7. The van der Waals surface area contributed by atoms with Crippen LogP contribution in [-0.4, -0.2) is 43.8 Å². The molecule has 164 valence electrons. The average molecular weight is 470 g/mol. The van der Waals surface area contributed by atoms with Gasteiger partial charge in [-0.05, 0) is 61.0 Å². The Morgan fingerprint density at radius 2 is 2.00 bits per heavy atom. The Kier molecular flexibility index (Phi) is 6.33. The fourth-order valence-corrected chi connectivity index (χ4v) is 3.87. The zero-order valence-corrected chi connectivity index (χ0v) is 18.9. The minimum Gasteiger partial charge on any atom is -0.497 e. The van der Waals surface area contributed by atoms with E-state index in [1.54, 1.807) is 25.3 Å². The number of anilines is 1. The number of thioether (sulfide) groups is 1. The van der Waals surface area contributed by atoms with Crippen molar-refractivity contribution in [1.29, 1.82) is 0 Å². The predicted octanol–water partition coefficient (Wildman–Crippen LogP) is 3.75. The molecule has 11 heteroatoms. The summed E-state index contributed by atoms with van der Waals surface area (Å²) in [5.74, 6) is 7.27. The molecule has 2 heterocycles. The maximum Gasteiger partial charge on any atom is 0.234 e. The smallest absolute Gasteiger partial charge is 0.234 e. The number of hydrogen-bond donors (Lipinski definition) is 3. The Bertz CT molecular complexity index is 1250. The number of carbonyl (C=O) groups excluding carboxylic acids is 1. The number of halogens is 1. The molecule has 0 atom stereocenters. The monoisotopic (exact) mass is 469 g/mol. The molecule has 0 aliphatic heterocycles. The van der Waals surface area contributed by atoms with E-state index in [4.69, 9.17) is 22.2 Å². The highest BCUT2D eigenvalue weighted by Gasteiger charge is 2.16. The summed E-state index contributed by atoms with van der Waals surface area (Å²) in [5, 5.41) is 19.4. The molecule has 2 aromatic heterocycles. The van der Waals surface area contributed by atoms with Gasteiger partial charge in [0.25, 0.3) is 0 Å². The number of ether oxygens (including phenoxy) is 1. The van der Waals surface area contributed by atoms with Crippen LogP contribution in [0.1, 0.15) is 5.56 Å². The Morgan fingerprint density at radius 1 is 1.22 bits per heavy atom. The van der Waals surface area contributed by atoms with Crippen molar-refractivity contribution < 1.29 is 9.53 Å². The zero-order valence-electron chi connectivity index (χ0n) is 17.3. The third kappa shape index (κ3) is 4.71. The summed E-state index contributed by atoms with van der Waals surface area (Å²) in [6, 6.07) is 14.7. The summed E-state index contributed by atoms with van der Waals surface area (Å²) in [6.45, 7) is 1.88. The number of aryl methyl sites for hydroxylation is 1. The highest BCUT2D eigenvalue weighted by molar-refractivity contribution is 7.99. The molecule has 4 aromatic rings. The van der Waals surface area contributed by atoms with E-state index in [9.17, 15) is 4.79 Å². The summed E-state index contributed by atoms with van der Waals surface area (Å²) >= 11 is 7.14. The molecule has 4 N–H and O–H groups in total. The van der Waals surface area contributed by atoms with Crippen LogP contribution in [0, 0.1) is 6.92 Å². The van der Waals surface area contributed by atoms with Crippen molar-refractivity contribution in [3.05, 3.63) is 59.1 Å². The largest absolute Gasteiger partial charge is 0.497 e. The first-order valence-electron chi connectivity index (χ1n) is 9.54. The van der Waals surface area contributed by atoms with E-state index in [0.717, 1.165) is 22.6 Å². The van der Waals surface area contributed by atoms with Crippen molar-refractivity contribution in [2.75, 3.05) is 24.0 Å². The second-order valence-electron chi connectivity index (χ2n) is 6.87. The number of aromatic amines is 1. The highest BCUT2D eigenvalue weighted by Crippen LogP contribution is 2.26. The molecule has 4 rings (SSSR count). The lowest BCUT2D eigenvalue weighted by atomic mass is 10.1. The lowest BCUT2D eigenvalue weighted by Crippen LogP contribution is -2.17. The molecule has 0 fully saturated rings. The Morgan fingerprint density at radius 3 is 2.72 bits per heavy atom. The van der Waals surface area contributed by atoms with Gasteiger partial charge >= 0.3 is 0 Å². The third-order valence-corrected chi connectivity index (χ3v) is 5.84. The van der Waals surface area contributed by atoms with Gasteiger partial charge in [0.1, 0.15) is 11.4 Å². The van der Waals surface area contributed by atoms with Gasteiger partial charge in [-0.15, -0.1) is 10.2 Å². The van der Waals surface area contributed by atoms with Crippen molar-refractivity contribution in [1.82, 2.24) is 25.1 Å². The van der Waals surface area contributed by atoms with E-state index in [-0.39, 0.29) is 11.7 Å². The number of nitrogens with zero attached hydrogens (tertiary/aromatic N) is 4. The number of nitrogens with two attached hydrogens (primary N) is 1. The molecule has 32 heavy (non-hydrogen) atoms. The number of aromatic nitrogens is 5. The van der Waals surface area contributed by atoms with Crippen LogP contribution < -0.4 is 15.9 Å². The van der Waals surface area contributed by atoms with E-state index in [0.29, 0.717) is 27.4 Å². The number of H-pyrrole nitrogens is 1. The maximum absolute atomic E-state index is 12.3. The molecular weight excluding hydrogens is 450 g/mol. The van der Waals surface area contributed by atoms with E-state index >= 15 is 0 Å². The van der Waals surface area contributed by atoms with Crippen LogP contribution >= 0.6 is 23.4 Å². The Labute approximate surface area is 193 Å². The van der Waals surface area contributed by atoms with Crippen molar-refractivity contribution in [2.45, 2.75) is 12.1 Å². The normalized spacial score (nSPS) is 10.8. The van der Waals surface area contributed by atoms with Gasteiger partial charge in [0.15, 0.2) is 0 Å². The van der Waals surface area contributed by atoms with Crippen LogP contribution in [0.3, 0.4) is 0 Å². The number of rotatable bonds is 7. The van der Waals surface area contributed by atoms with Gasteiger partial charge in [0.2, 0.25) is 16.9 Å². The van der Waals surface area contributed by atoms with E-state index < -0.39 is 0 Å². The SMILES string of the molecule is COc1ccc(-c2cc(-c3nnc(SCC(=O)Nc4ccc(Cl)cc4C)n3N)[nH]n2)cc1. The van der Waals surface area contributed by atoms with Gasteiger partial charge in [-0.2, -0.15) is 5.10 Å². The summed E-state index contributed by atoms with van der Waals surface area (Å²) in [7, 11) is 1.62. The summed E-state index contributed by atoms with van der Waals surface area (Å²) in [4.78, 5) is 12.3. The van der Waals surface area contributed by atoms with Gasteiger partial charge in [0.05, 0.1) is 18.6 Å². The molecular formula is C21H20ClN7O2S. The highest BCUT2D eigenvalue weighted by atomic mass is 35.5. The minimum atomic E-state index is -0.187. The molecule has 0 unspecified atom stereocenters. The van der Waals surface area contributed by atoms with Crippen LogP contribution in [0.2, 0.25) is 5.02 Å². The van der Waals surface area contributed by atoms with Crippen molar-refractivity contribution in [3.8, 4) is 28.5 Å². The van der Waals surface area contributed by atoms with Crippen molar-refractivity contribution >= 4 is 35.0 Å². The minimum absolute atomic E-state index is 0.122. The average Bonchev–Trinajstić information content (AvgIpc) is 3.41. The summed E-state index contributed by atoms with van der Waals surface area (Å²) < 4.78 is 6.51. The maximum atomic E-state index is 12.3. The van der Waals surface area contributed by atoms with Crippen LogP contribution in [0.25, 0.3) is 22.8 Å². The van der Waals surface area contributed by atoms with Gasteiger partial charge in [-0.1, -0.05) is 23.4 Å². The zero-order chi connectivity index (χ0) is 22.7. The molecule has 9 nitrogen and oxygen atoms in total. The number of methoxy groups -OCH3 is 1. The number of amides is 1. The van der Waals surface area contributed by atoms with Crippen LogP contribution in [0.15, 0.2) is 53.7 Å². The number of hydrogen-bond acceptors (Lipinski definition) is 7. The van der Waals surface area contributed by atoms with Gasteiger partial charge < -0.3 is 15.9 Å². The predicted molar refractivity (Wildman–Crippen MR) is 125 cm³/mol. The Balaban J connectivity index is 1.42. The molecule has 0 saturated heterocycles. The summed E-state index contributed by atoms with van der Waals surface area (Å²) in [6.07, 6.45) is 0. The molecule has 0 aliphatic rings. The molecule has 1 amide bonds. The second kappa shape index (κ2) is 9.33. The number of nitrogens with one attached hydrogen (secondary N) is 2.